The predicted octanol–water partition coefficient (Wildman–Crippen LogP) is 4.14. The van der Waals surface area contributed by atoms with Gasteiger partial charge < -0.3 is 5.73 Å². The molecule has 2 unspecified atom stereocenters. The summed E-state index contributed by atoms with van der Waals surface area (Å²) >= 11 is 1.78. The van der Waals surface area contributed by atoms with Crippen LogP contribution in [0, 0.1) is 11.8 Å². The molecule has 108 valence electrons. The van der Waals surface area contributed by atoms with Crippen molar-refractivity contribution < 1.29 is 0 Å². The molecule has 2 atom stereocenters. The van der Waals surface area contributed by atoms with Gasteiger partial charge in [-0.05, 0) is 31.1 Å². The fourth-order valence-corrected chi connectivity index (χ4v) is 4.68. The van der Waals surface area contributed by atoms with E-state index in [1.807, 2.05) is 0 Å². The summed E-state index contributed by atoms with van der Waals surface area (Å²) in [4.78, 5) is 4.81. The average Bonchev–Trinajstić information content (AvgIpc) is 2.61. The molecule has 19 heavy (non-hydrogen) atoms. The zero-order valence-corrected chi connectivity index (χ0v) is 13.8. The van der Waals surface area contributed by atoms with Crippen molar-refractivity contribution in [3.05, 3.63) is 16.1 Å². The van der Waals surface area contributed by atoms with Crippen LogP contribution in [0.1, 0.15) is 64.6 Å². The number of nitrogens with zero attached hydrogens (tertiary/aromatic N) is 1. The van der Waals surface area contributed by atoms with Crippen LogP contribution in [0.4, 0.5) is 0 Å². The van der Waals surface area contributed by atoms with Gasteiger partial charge in [-0.25, -0.2) is 4.98 Å². The van der Waals surface area contributed by atoms with Crippen LogP contribution in [0.3, 0.4) is 0 Å². The van der Waals surface area contributed by atoms with Gasteiger partial charge in [0.25, 0.3) is 0 Å². The molecule has 0 amide bonds. The Balaban J connectivity index is 2.10. The second kappa shape index (κ2) is 5.17. The molecule has 2 N–H and O–H groups in total. The lowest BCUT2D eigenvalue weighted by Gasteiger charge is -2.39. The van der Waals surface area contributed by atoms with Crippen LogP contribution >= 0.6 is 11.3 Å². The first-order valence-corrected chi connectivity index (χ1v) is 8.30. The highest BCUT2D eigenvalue weighted by molar-refractivity contribution is 7.09. The van der Waals surface area contributed by atoms with Gasteiger partial charge in [0, 0.05) is 22.8 Å². The Labute approximate surface area is 121 Å². The minimum atomic E-state index is -0.0376. The molecule has 0 spiro atoms. The van der Waals surface area contributed by atoms with Crippen molar-refractivity contribution in [2.45, 2.75) is 71.3 Å². The Hall–Kier alpha value is -0.410. The minimum Gasteiger partial charge on any atom is -0.325 e. The Bertz CT molecular complexity index is 420. The molecule has 1 saturated carbocycles. The molecular weight excluding hydrogens is 252 g/mol. The summed E-state index contributed by atoms with van der Waals surface area (Å²) < 4.78 is 0. The number of nitrogens with two attached hydrogens (primary N) is 1. The maximum atomic E-state index is 6.66. The number of rotatable bonds is 2. The highest BCUT2D eigenvalue weighted by Gasteiger charge is 2.35. The smallest absolute Gasteiger partial charge is 0.0946 e. The number of hydrogen-bond donors (Lipinski definition) is 1. The van der Waals surface area contributed by atoms with Gasteiger partial charge in [-0.1, -0.05) is 34.6 Å². The maximum Gasteiger partial charge on any atom is 0.0946 e. The van der Waals surface area contributed by atoms with Crippen LogP contribution in [0.15, 0.2) is 5.38 Å². The van der Waals surface area contributed by atoms with Crippen molar-refractivity contribution in [3.8, 4) is 0 Å². The Morgan fingerprint density at radius 3 is 2.37 bits per heavy atom. The standard InChI is InChI=1S/C16H28N2S/c1-11-6-12(2)8-16(17,7-11)9-14-18-13(10-19-14)15(3,4)5/h10-12H,6-9,17H2,1-5H3. The van der Waals surface area contributed by atoms with Crippen LogP contribution in [0.5, 0.6) is 0 Å². The largest absolute Gasteiger partial charge is 0.325 e. The third kappa shape index (κ3) is 3.79. The zero-order chi connectivity index (χ0) is 14.3. The number of hydrogen-bond acceptors (Lipinski definition) is 3. The summed E-state index contributed by atoms with van der Waals surface area (Å²) in [5.41, 5.74) is 7.96. The van der Waals surface area contributed by atoms with Crippen molar-refractivity contribution in [2.75, 3.05) is 0 Å². The minimum absolute atomic E-state index is 0.0376. The highest BCUT2D eigenvalue weighted by atomic mass is 32.1. The molecule has 0 bridgehead atoms. The van der Waals surface area contributed by atoms with Gasteiger partial charge in [0.05, 0.1) is 10.7 Å². The van der Waals surface area contributed by atoms with E-state index in [4.69, 9.17) is 10.7 Å². The van der Waals surface area contributed by atoms with Gasteiger partial charge in [0.2, 0.25) is 0 Å². The van der Waals surface area contributed by atoms with E-state index in [1.165, 1.54) is 17.1 Å². The van der Waals surface area contributed by atoms with E-state index in [0.29, 0.717) is 0 Å². The lowest BCUT2D eigenvalue weighted by molar-refractivity contribution is 0.182. The van der Waals surface area contributed by atoms with Crippen LogP contribution < -0.4 is 5.73 Å². The first-order valence-electron chi connectivity index (χ1n) is 7.42. The quantitative estimate of drug-likeness (QED) is 0.884. The molecule has 0 saturated heterocycles. The third-order valence-electron chi connectivity index (χ3n) is 4.14. The lowest BCUT2D eigenvalue weighted by atomic mass is 9.71. The van der Waals surface area contributed by atoms with Crippen molar-refractivity contribution in [3.63, 3.8) is 0 Å². The Kier molecular flexibility index (Phi) is 4.08. The first kappa shape index (κ1) is 15.0. The summed E-state index contributed by atoms with van der Waals surface area (Å²) in [6, 6.07) is 0. The molecule has 1 aromatic heterocycles. The van der Waals surface area contributed by atoms with Gasteiger partial charge in [-0.15, -0.1) is 11.3 Å². The zero-order valence-electron chi connectivity index (χ0n) is 13.0. The van der Waals surface area contributed by atoms with Gasteiger partial charge in [-0.3, -0.25) is 0 Å². The van der Waals surface area contributed by atoms with Crippen LogP contribution in [0.25, 0.3) is 0 Å². The Morgan fingerprint density at radius 2 is 1.89 bits per heavy atom. The van der Waals surface area contributed by atoms with E-state index in [-0.39, 0.29) is 11.0 Å². The van der Waals surface area contributed by atoms with Crippen LogP contribution in [-0.4, -0.2) is 10.5 Å². The molecule has 2 rings (SSSR count). The molecule has 0 aliphatic heterocycles. The lowest BCUT2D eigenvalue weighted by Crippen LogP contribution is -2.48. The van der Waals surface area contributed by atoms with Gasteiger partial charge >= 0.3 is 0 Å². The number of thiazole rings is 1. The average molecular weight is 280 g/mol. The van der Waals surface area contributed by atoms with E-state index in [2.05, 4.69) is 40.0 Å². The van der Waals surface area contributed by atoms with Crippen LogP contribution in [-0.2, 0) is 11.8 Å². The molecule has 0 aromatic carbocycles. The van der Waals surface area contributed by atoms with Gasteiger partial charge in [0.1, 0.15) is 0 Å². The molecule has 3 heteroatoms. The molecule has 2 nitrogen and oxygen atoms in total. The van der Waals surface area contributed by atoms with E-state index in [1.54, 1.807) is 11.3 Å². The third-order valence-corrected chi connectivity index (χ3v) is 4.99. The molecule has 1 aliphatic rings. The molecule has 0 radical (unpaired) electrons. The first-order chi connectivity index (χ1) is 8.68. The fourth-order valence-electron chi connectivity index (χ4n) is 3.51. The molecule has 1 aliphatic carbocycles. The molecule has 1 aromatic rings. The summed E-state index contributed by atoms with van der Waals surface area (Å²) in [7, 11) is 0. The molecule has 1 fully saturated rings. The topological polar surface area (TPSA) is 38.9 Å². The second-order valence-electron chi connectivity index (χ2n) is 7.77. The van der Waals surface area contributed by atoms with Crippen LogP contribution in [0.2, 0.25) is 0 Å². The van der Waals surface area contributed by atoms with Gasteiger partial charge in [-0.2, -0.15) is 0 Å². The van der Waals surface area contributed by atoms with Crippen molar-refractivity contribution in [1.29, 1.82) is 0 Å². The van der Waals surface area contributed by atoms with Crippen molar-refractivity contribution in [2.24, 2.45) is 17.6 Å². The molecule has 1 heterocycles. The van der Waals surface area contributed by atoms with E-state index < -0.39 is 0 Å². The maximum absolute atomic E-state index is 6.66. The van der Waals surface area contributed by atoms with Crippen molar-refractivity contribution >= 4 is 11.3 Å². The number of aromatic nitrogens is 1. The van der Waals surface area contributed by atoms with E-state index in [9.17, 15) is 0 Å². The fraction of sp³-hybridized carbons (Fsp3) is 0.812. The Morgan fingerprint density at radius 1 is 1.32 bits per heavy atom. The highest BCUT2D eigenvalue weighted by Crippen LogP contribution is 2.37. The van der Waals surface area contributed by atoms with Gasteiger partial charge in [0.15, 0.2) is 0 Å². The summed E-state index contributed by atoms with van der Waals surface area (Å²) in [6.45, 7) is 11.3. The summed E-state index contributed by atoms with van der Waals surface area (Å²) in [6.07, 6.45) is 4.55. The SMILES string of the molecule is CC1CC(C)CC(N)(Cc2nc(C(C)(C)C)cs2)C1. The van der Waals surface area contributed by atoms with E-state index in [0.717, 1.165) is 31.1 Å². The van der Waals surface area contributed by atoms with E-state index >= 15 is 0 Å². The summed E-state index contributed by atoms with van der Waals surface area (Å²) in [5, 5.41) is 3.42. The summed E-state index contributed by atoms with van der Waals surface area (Å²) in [5.74, 6) is 1.49. The molecular formula is C16H28N2S. The monoisotopic (exact) mass is 280 g/mol. The normalized spacial score (nSPS) is 32.5. The predicted molar refractivity (Wildman–Crippen MR) is 83.6 cm³/mol. The van der Waals surface area contributed by atoms with Crippen molar-refractivity contribution in [1.82, 2.24) is 4.98 Å². The second-order valence-corrected chi connectivity index (χ2v) is 8.71.